The van der Waals surface area contributed by atoms with Gasteiger partial charge in [-0.05, 0) is 37.6 Å². The van der Waals surface area contributed by atoms with Crippen LogP contribution in [0.2, 0.25) is 0 Å². The molecule has 0 radical (unpaired) electrons. The van der Waals surface area contributed by atoms with E-state index in [1.54, 1.807) is 23.5 Å². The van der Waals surface area contributed by atoms with Crippen LogP contribution in [0.3, 0.4) is 0 Å². The smallest absolute Gasteiger partial charge is 0.255 e. The summed E-state index contributed by atoms with van der Waals surface area (Å²) < 4.78 is 5.33. The summed E-state index contributed by atoms with van der Waals surface area (Å²) in [6.07, 6.45) is 0.957. The van der Waals surface area contributed by atoms with E-state index in [1.165, 1.54) is 0 Å². The van der Waals surface area contributed by atoms with Gasteiger partial charge in [0.15, 0.2) is 5.13 Å². The molecule has 2 N–H and O–H groups in total. The summed E-state index contributed by atoms with van der Waals surface area (Å²) in [4.78, 5) is 16.8. The number of rotatable bonds is 9. The Morgan fingerprint density at radius 2 is 1.89 bits per heavy atom. The molecule has 3 rings (SSSR count). The van der Waals surface area contributed by atoms with Crippen molar-refractivity contribution in [3.05, 3.63) is 65.5 Å². The Morgan fingerprint density at radius 1 is 1.11 bits per heavy atom. The van der Waals surface area contributed by atoms with Gasteiger partial charge in [0.25, 0.3) is 5.91 Å². The minimum atomic E-state index is -0.115. The molecule has 3 aromatic rings. The minimum absolute atomic E-state index is 0.115. The predicted octanol–water partition coefficient (Wildman–Crippen LogP) is 4.90. The summed E-state index contributed by atoms with van der Waals surface area (Å²) in [5.41, 5.74) is 3.35. The van der Waals surface area contributed by atoms with Crippen LogP contribution in [-0.2, 0) is 4.74 Å². The van der Waals surface area contributed by atoms with E-state index in [1.807, 2.05) is 54.8 Å². The van der Waals surface area contributed by atoms with E-state index in [4.69, 9.17) is 4.74 Å². The first kappa shape index (κ1) is 19.1. The maximum absolute atomic E-state index is 12.2. The van der Waals surface area contributed by atoms with E-state index < -0.39 is 0 Å². The molecule has 27 heavy (non-hydrogen) atoms. The molecule has 0 aliphatic rings. The minimum Gasteiger partial charge on any atom is -0.382 e. The van der Waals surface area contributed by atoms with E-state index in [-0.39, 0.29) is 5.91 Å². The second-order valence-electron chi connectivity index (χ2n) is 5.91. The largest absolute Gasteiger partial charge is 0.382 e. The zero-order valence-electron chi connectivity index (χ0n) is 15.3. The van der Waals surface area contributed by atoms with Crippen molar-refractivity contribution in [2.45, 2.75) is 13.3 Å². The molecule has 0 saturated carbocycles. The highest BCUT2D eigenvalue weighted by molar-refractivity contribution is 7.14. The lowest BCUT2D eigenvalue weighted by atomic mass is 10.1. The lowest BCUT2D eigenvalue weighted by Gasteiger charge is -2.06. The number of carbonyl (C=O) groups is 1. The second kappa shape index (κ2) is 9.85. The third-order valence-electron chi connectivity index (χ3n) is 3.92. The normalized spacial score (nSPS) is 10.6. The molecule has 0 fully saturated rings. The number of anilines is 2. The van der Waals surface area contributed by atoms with Crippen molar-refractivity contribution >= 4 is 28.1 Å². The van der Waals surface area contributed by atoms with Gasteiger partial charge in [0, 0.05) is 42.0 Å². The molecule has 140 valence electrons. The molecule has 5 nitrogen and oxygen atoms in total. The van der Waals surface area contributed by atoms with Gasteiger partial charge in [0.05, 0.1) is 5.69 Å². The van der Waals surface area contributed by atoms with Crippen LogP contribution < -0.4 is 10.6 Å². The number of ether oxygens (including phenoxy) is 1. The Balaban J connectivity index is 1.55. The van der Waals surface area contributed by atoms with Crippen molar-refractivity contribution in [3.8, 4) is 11.3 Å². The molecule has 2 aromatic carbocycles. The van der Waals surface area contributed by atoms with Gasteiger partial charge in [-0.15, -0.1) is 11.3 Å². The van der Waals surface area contributed by atoms with Crippen LogP contribution in [0, 0.1) is 0 Å². The summed E-state index contributed by atoms with van der Waals surface area (Å²) in [6.45, 7) is 4.36. The summed E-state index contributed by atoms with van der Waals surface area (Å²) in [5.74, 6) is -0.115. The molecule has 1 amide bonds. The van der Waals surface area contributed by atoms with E-state index in [2.05, 4.69) is 15.6 Å². The lowest BCUT2D eigenvalue weighted by Crippen LogP contribution is -2.11. The van der Waals surface area contributed by atoms with Crippen molar-refractivity contribution in [2.75, 3.05) is 30.4 Å². The third kappa shape index (κ3) is 5.64. The first-order chi connectivity index (χ1) is 13.3. The number of hydrogen-bond acceptors (Lipinski definition) is 5. The van der Waals surface area contributed by atoms with Crippen molar-refractivity contribution in [2.24, 2.45) is 0 Å². The highest BCUT2D eigenvalue weighted by Crippen LogP contribution is 2.26. The van der Waals surface area contributed by atoms with Crippen molar-refractivity contribution in [3.63, 3.8) is 0 Å². The van der Waals surface area contributed by atoms with E-state index in [9.17, 15) is 4.79 Å². The predicted molar refractivity (Wildman–Crippen MR) is 112 cm³/mol. The number of nitrogens with one attached hydrogen (secondary N) is 2. The first-order valence-electron chi connectivity index (χ1n) is 9.00. The molecule has 1 aromatic heterocycles. The number of nitrogens with zero attached hydrogens (tertiary/aromatic N) is 1. The first-order valence-corrected chi connectivity index (χ1v) is 9.88. The molecule has 0 bridgehead atoms. The molecule has 1 heterocycles. The highest BCUT2D eigenvalue weighted by Gasteiger charge is 2.07. The number of benzene rings is 2. The Labute approximate surface area is 163 Å². The van der Waals surface area contributed by atoms with Crippen LogP contribution in [0.4, 0.5) is 10.8 Å². The van der Waals surface area contributed by atoms with Gasteiger partial charge < -0.3 is 15.4 Å². The summed E-state index contributed by atoms with van der Waals surface area (Å²) >= 11 is 1.59. The monoisotopic (exact) mass is 381 g/mol. The molecular weight excluding hydrogens is 358 g/mol. The highest BCUT2D eigenvalue weighted by atomic mass is 32.1. The second-order valence-corrected chi connectivity index (χ2v) is 6.77. The fraction of sp³-hybridized carbons (Fsp3) is 0.238. The number of amides is 1. The molecule has 0 atom stereocenters. The van der Waals surface area contributed by atoms with Crippen LogP contribution in [-0.4, -0.2) is 30.6 Å². The number of hydrogen-bond donors (Lipinski definition) is 2. The quantitative estimate of drug-likeness (QED) is 0.518. The Kier molecular flexibility index (Phi) is 6.96. The zero-order valence-corrected chi connectivity index (χ0v) is 16.1. The molecule has 0 saturated heterocycles. The van der Waals surface area contributed by atoms with Gasteiger partial charge in [0.1, 0.15) is 0 Å². The number of carbonyl (C=O) groups excluding carboxylic acids is 1. The molecule has 0 aliphatic carbocycles. The van der Waals surface area contributed by atoms with Crippen molar-refractivity contribution < 1.29 is 9.53 Å². The van der Waals surface area contributed by atoms with Gasteiger partial charge in [-0.1, -0.05) is 30.3 Å². The van der Waals surface area contributed by atoms with Crippen LogP contribution in [0.1, 0.15) is 23.7 Å². The Morgan fingerprint density at radius 3 is 2.63 bits per heavy atom. The maximum atomic E-state index is 12.2. The van der Waals surface area contributed by atoms with Crippen LogP contribution in [0.25, 0.3) is 11.3 Å². The SMILES string of the molecule is CCOCCCNc1nc(-c2ccc(NC(=O)c3ccccc3)cc2)cs1. The summed E-state index contributed by atoms with van der Waals surface area (Å²) in [5, 5.41) is 9.16. The fourth-order valence-electron chi connectivity index (χ4n) is 2.52. The summed E-state index contributed by atoms with van der Waals surface area (Å²) in [6, 6.07) is 16.9. The van der Waals surface area contributed by atoms with Crippen molar-refractivity contribution in [1.29, 1.82) is 0 Å². The molecule has 0 spiro atoms. The van der Waals surface area contributed by atoms with Gasteiger partial charge in [-0.2, -0.15) is 0 Å². The van der Waals surface area contributed by atoms with Gasteiger partial charge >= 0.3 is 0 Å². The molecule has 0 aliphatic heterocycles. The topological polar surface area (TPSA) is 63.2 Å². The maximum Gasteiger partial charge on any atom is 0.255 e. The standard InChI is InChI=1S/C21H23N3O2S/c1-2-26-14-6-13-22-21-24-19(15-27-21)16-9-11-18(12-10-16)23-20(25)17-7-4-3-5-8-17/h3-5,7-12,15H,2,6,13-14H2,1H3,(H,22,24)(H,23,25). The third-order valence-corrected chi connectivity index (χ3v) is 4.72. The van der Waals surface area contributed by atoms with Gasteiger partial charge in [0.2, 0.25) is 0 Å². The Hall–Kier alpha value is -2.70. The summed E-state index contributed by atoms with van der Waals surface area (Å²) in [7, 11) is 0. The van der Waals surface area contributed by atoms with Crippen molar-refractivity contribution in [1.82, 2.24) is 4.98 Å². The fourth-order valence-corrected chi connectivity index (χ4v) is 3.27. The molecular formula is C21H23N3O2S. The Bertz CT molecular complexity index is 847. The van der Waals surface area contributed by atoms with Crippen LogP contribution in [0.5, 0.6) is 0 Å². The lowest BCUT2D eigenvalue weighted by molar-refractivity contribution is 0.102. The van der Waals surface area contributed by atoms with E-state index in [0.29, 0.717) is 5.56 Å². The van der Waals surface area contributed by atoms with Gasteiger partial charge in [-0.25, -0.2) is 4.98 Å². The number of thiazole rings is 1. The average molecular weight is 382 g/mol. The molecule has 6 heteroatoms. The van der Waals surface area contributed by atoms with Crippen LogP contribution >= 0.6 is 11.3 Å². The van der Waals surface area contributed by atoms with Crippen LogP contribution in [0.15, 0.2) is 60.0 Å². The molecule has 0 unspecified atom stereocenters. The number of aromatic nitrogens is 1. The van der Waals surface area contributed by atoms with E-state index >= 15 is 0 Å². The zero-order chi connectivity index (χ0) is 18.9. The van der Waals surface area contributed by atoms with Gasteiger partial charge in [-0.3, -0.25) is 4.79 Å². The average Bonchev–Trinajstić information content (AvgIpc) is 3.18. The van der Waals surface area contributed by atoms with E-state index in [0.717, 1.165) is 48.3 Å².